The Bertz CT molecular complexity index is 932. The maximum Gasteiger partial charge on any atom is 0.232 e. The van der Waals surface area contributed by atoms with E-state index in [1.165, 1.54) is 5.56 Å². The minimum Gasteiger partial charge on any atom is -0.494 e. The van der Waals surface area contributed by atoms with E-state index in [1.54, 1.807) is 4.90 Å². The molecular weight excluding hydrogens is 342 g/mol. The Labute approximate surface area is 157 Å². The van der Waals surface area contributed by atoms with Gasteiger partial charge in [0.15, 0.2) is 0 Å². The van der Waals surface area contributed by atoms with Crippen LogP contribution in [0.4, 0.5) is 5.69 Å². The van der Waals surface area contributed by atoms with Gasteiger partial charge in [-0.25, -0.2) is 0 Å². The summed E-state index contributed by atoms with van der Waals surface area (Å²) in [5, 5.41) is 4.08. The second kappa shape index (κ2) is 7.23. The van der Waals surface area contributed by atoms with E-state index in [9.17, 15) is 4.79 Å². The van der Waals surface area contributed by atoms with Crippen LogP contribution in [-0.4, -0.2) is 29.2 Å². The highest BCUT2D eigenvalue weighted by molar-refractivity contribution is 5.96. The van der Waals surface area contributed by atoms with Gasteiger partial charge in [0.05, 0.1) is 12.5 Å². The molecule has 0 aliphatic carbocycles. The Morgan fingerprint density at radius 2 is 1.89 bits per heavy atom. The molecule has 27 heavy (non-hydrogen) atoms. The number of nitrogens with zero attached hydrogens (tertiary/aromatic N) is 3. The minimum absolute atomic E-state index is 0.0549. The first-order valence-corrected chi connectivity index (χ1v) is 9.08. The fourth-order valence-electron chi connectivity index (χ4n) is 3.23. The summed E-state index contributed by atoms with van der Waals surface area (Å²) in [5.74, 6) is 1.81. The lowest BCUT2D eigenvalue weighted by atomic mass is 10.1. The lowest BCUT2D eigenvalue weighted by Gasteiger charge is -2.16. The van der Waals surface area contributed by atoms with Crippen LogP contribution in [0.25, 0.3) is 11.4 Å². The summed E-state index contributed by atoms with van der Waals surface area (Å²) in [4.78, 5) is 18.8. The number of hydrogen-bond donors (Lipinski definition) is 0. The summed E-state index contributed by atoms with van der Waals surface area (Å²) in [6.45, 7) is 5.12. The van der Waals surface area contributed by atoms with E-state index in [0.29, 0.717) is 31.3 Å². The first kappa shape index (κ1) is 17.3. The minimum atomic E-state index is -0.101. The van der Waals surface area contributed by atoms with E-state index in [-0.39, 0.29) is 11.8 Å². The number of carbonyl (C=O) groups is 1. The van der Waals surface area contributed by atoms with Gasteiger partial charge in [0.1, 0.15) is 5.75 Å². The van der Waals surface area contributed by atoms with Gasteiger partial charge >= 0.3 is 0 Å². The molecule has 2 heterocycles. The molecular formula is C21H21N3O3. The number of rotatable bonds is 5. The van der Waals surface area contributed by atoms with Crippen LogP contribution in [0.5, 0.6) is 5.75 Å². The molecule has 1 fully saturated rings. The molecule has 1 aromatic heterocycles. The van der Waals surface area contributed by atoms with E-state index in [0.717, 1.165) is 17.0 Å². The molecule has 138 valence electrons. The highest BCUT2D eigenvalue weighted by Crippen LogP contribution is 2.32. The molecule has 1 amide bonds. The first-order chi connectivity index (χ1) is 13.1. The van der Waals surface area contributed by atoms with Gasteiger partial charge in [-0.2, -0.15) is 4.98 Å². The van der Waals surface area contributed by atoms with Crippen molar-refractivity contribution in [3.05, 3.63) is 60.0 Å². The van der Waals surface area contributed by atoms with E-state index in [2.05, 4.69) is 10.1 Å². The SMILES string of the molecule is CCOc1ccc(N2CC(c3nc(-c4ccc(C)cc4)no3)CC2=O)cc1. The van der Waals surface area contributed by atoms with Gasteiger partial charge < -0.3 is 14.2 Å². The van der Waals surface area contributed by atoms with Gasteiger partial charge in [-0.3, -0.25) is 4.79 Å². The molecule has 0 N–H and O–H groups in total. The first-order valence-electron chi connectivity index (χ1n) is 9.08. The lowest BCUT2D eigenvalue weighted by molar-refractivity contribution is -0.117. The summed E-state index contributed by atoms with van der Waals surface area (Å²) in [6, 6.07) is 15.5. The van der Waals surface area contributed by atoms with Crippen molar-refractivity contribution in [3.63, 3.8) is 0 Å². The Kier molecular flexibility index (Phi) is 4.62. The number of ether oxygens (including phenoxy) is 1. The summed E-state index contributed by atoms with van der Waals surface area (Å²) >= 11 is 0. The normalized spacial score (nSPS) is 16.7. The number of amides is 1. The molecule has 1 atom stereocenters. The number of aromatic nitrogens is 2. The van der Waals surface area contributed by atoms with E-state index >= 15 is 0 Å². The largest absolute Gasteiger partial charge is 0.494 e. The van der Waals surface area contributed by atoms with Gasteiger partial charge in [0.2, 0.25) is 17.6 Å². The number of carbonyl (C=O) groups excluding carboxylic acids is 1. The molecule has 1 saturated heterocycles. The number of anilines is 1. The average molecular weight is 363 g/mol. The second-order valence-electron chi connectivity index (χ2n) is 6.65. The van der Waals surface area contributed by atoms with Crippen molar-refractivity contribution in [3.8, 4) is 17.1 Å². The fourth-order valence-corrected chi connectivity index (χ4v) is 3.23. The molecule has 4 rings (SSSR count). The smallest absolute Gasteiger partial charge is 0.232 e. The van der Waals surface area contributed by atoms with Gasteiger partial charge in [0.25, 0.3) is 0 Å². The maximum atomic E-state index is 12.5. The third-order valence-corrected chi connectivity index (χ3v) is 4.69. The molecule has 0 radical (unpaired) electrons. The molecule has 0 saturated carbocycles. The standard InChI is InChI=1S/C21H21N3O3/c1-3-26-18-10-8-17(9-11-18)24-13-16(12-19(24)25)21-22-20(23-27-21)15-6-4-14(2)5-7-15/h4-11,16H,3,12-13H2,1-2H3. The van der Waals surface area contributed by atoms with Crippen molar-refractivity contribution < 1.29 is 14.1 Å². The van der Waals surface area contributed by atoms with Crippen LogP contribution >= 0.6 is 0 Å². The van der Waals surface area contributed by atoms with Crippen LogP contribution in [0.2, 0.25) is 0 Å². The molecule has 3 aromatic rings. The second-order valence-corrected chi connectivity index (χ2v) is 6.65. The predicted octanol–water partition coefficient (Wildman–Crippen LogP) is 3.96. The Hall–Kier alpha value is -3.15. The van der Waals surface area contributed by atoms with E-state index < -0.39 is 0 Å². The zero-order chi connectivity index (χ0) is 18.8. The van der Waals surface area contributed by atoms with Crippen LogP contribution < -0.4 is 9.64 Å². The van der Waals surface area contributed by atoms with Crippen molar-refractivity contribution in [2.75, 3.05) is 18.1 Å². The average Bonchev–Trinajstić information content (AvgIpc) is 3.30. The Morgan fingerprint density at radius 3 is 2.59 bits per heavy atom. The molecule has 0 spiro atoms. The lowest BCUT2D eigenvalue weighted by Crippen LogP contribution is -2.24. The topological polar surface area (TPSA) is 68.5 Å². The Morgan fingerprint density at radius 1 is 1.15 bits per heavy atom. The maximum absolute atomic E-state index is 12.5. The molecule has 6 nitrogen and oxygen atoms in total. The molecule has 1 aliphatic rings. The zero-order valence-corrected chi connectivity index (χ0v) is 15.4. The molecule has 1 aliphatic heterocycles. The van der Waals surface area contributed by atoms with Gasteiger partial charge in [-0.1, -0.05) is 35.0 Å². The van der Waals surface area contributed by atoms with Crippen molar-refractivity contribution in [1.29, 1.82) is 0 Å². The van der Waals surface area contributed by atoms with Crippen LogP contribution in [0, 0.1) is 6.92 Å². The summed E-state index contributed by atoms with van der Waals surface area (Å²) < 4.78 is 10.9. The van der Waals surface area contributed by atoms with Gasteiger partial charge in [-0.05, 0) is 38.1 Å². The van der Waals surface area contributed by atoms with Crippen LogP contribution in [-0.2, 0) is 4.79 Å². The third-order valence-electron chi connectivity index (χ3n) is 4.69. The van der Waals surface area contributed by atoms with Crippen LogP contribution in [0.1, 0.15) is 30.7 Å². The third kappa shape index (κ3) is 3.56. The zero-order valence-electron chi connectivity index (χ0n) is 15.4. The fraction of sp³-hybridized carbons (Fsp3) is 0.286. The monoisotopic (exact) mass is 363 g/mol. The number of hydrogen-bond acceptors (Lipinski definition) is 5. The molecule has 0 bridgehead atoms. The van der Waals surface area contributed by atoms with Crippen molar-refractivity contribution in [1.82, 2.24) is 10.1 Å². The highest BCUT2D eigenvalue weighted by Gasteiger charge is 2.35. The van der Waals surface area contributed by atoms with Crippen LogP contribution in [0.15, 0.2) is 53.1 Å². The number of aryl methyl sites for hydroxylation is 1. The van der Waals surface area contributed by atoms with Crippen molar-refractivity contribution in [2.45, 2.75) is 26.2 Å². The van der Waals surface area contributed by atoms with E-state index in [4.69, 9.17) is 9.26 Å². The predicted molar refractivity (Wildman–Crippen MR) is 102 cm³/mol. The summed E-state index contributed by atoms with van der Waals surface area (Å²) in [6.07, 6.45) is 0.364. The van der Waals surface area contributed by atoms with Gasteiger partial charge in [0, 0.05) is 24.2 Å². The van der Waals surface area contributed by atoms with Crippen LogP contribution in [0.3, 0.4) is 0 Å². The summed E-state index contributed by atoms with van der Waals surface area (Å²) in [5.41, 5.74) is 2.93. The molecule has 1 unspecified atom stereocenters. The van der Waals surface area contributed by atoms with Gasteiger partial charge in [-0.15, -0.1) is 0 Å². The molecule has 6 heteroatoms. The quantitative estimate of drug-likeness (QED) is 0.686. The van der Waals surface area contributed by atoms with E-state index in [1.807, 2.05) is 62.4 Å². The Balaban J connectivity index is 1.50. The highest BCUT2D eigenvalue weighted by atomic mass is 16.5. The summed E-state index contributed by atoms with van der Waals surface area (Å²) in [7, 11) is 0. The number of benzene rings is 2. The van der Waals surface area contributed by atoms with Crippen molar-refractivity contribution >= 4 is 11.6 Å². The van der Waals surface area contributed by atoms with Crippen molar-refractivity contribution in [2.24, 2.45) is 0 Å². The molecule has 2 aromatic carbocycles.